The Bertz CT molecular complexity index is 484. The second kappa shape index (κ2) is 8.59. The number of aldehydes is 1. The number of rotatable bonds is 8. The zero-order valence-electron chi connectivity index (χ0n) is 15.8. The normalized spacial score (nSPS) is 16.9. The van der Waals surface area contributed by atoms with Crippen molar-refractivity contribution in [3.8, 4) is 0 Å². The molecular weight excluding hydrogens is 308 g/mol. The van der Waals surface area contributed by atoms with Crippen molar-refractivity contribution < 1.29 is 19.1 Å². The predicted octanol–water partition coefficient (Wildman–Crippen LogP) is 4.58. The smallest absolute Gasteiger partial charge is 0.307 e. The van der Waals surface area contributed by atoms with Crippen LogP contribution < -0.4 is 0 Å². The fourth-order valence-corrected chi connectivity index (χ4v) is 3.25. The van der Waals surface area contributed by atoms with Crippen LogP contribution in [0.2, 0.25) is 18.1 Å². The summed E-state index contributed by atoms with van der Waals surface area (Å²) in [6, 6.07) is 0. The van der Waals surface area contributed by atoms with E-state index >= 15 is 0 Å². The summed E-state index contributed by atoms with van der Waals surface area (Å²) in [5, 5.41) is 9.01. The lowest BCUT2D eigenvalue weighted by molar-refractivity contribution is -0.136. The van der Waals surface area contributed by atoms with Crippen LogP contribution in [0.4, 0.5) is 0 Å². The Labute approximate surface area is 141 Å². The molecule has 0 saturated heterocycles. The lowest BCUT2D eigenvalue weighted by Crippen LogP contribution is -2.45. The van der Waals surface area contributed by atoms with Gasteiger partial charge in [-0.05, 0) is 37.6 Å². The summed E-state index contributed by atoms with van der Waals surface area (Å²) in [4.78, 5) is 21.8. The molecule has 0 aromatic rings. The molecule has 0 rings (SSSR count). The SMILES string of the molecule is C/C(C=O)=C/[C@@H](C)[C@H](/C=C(\C)CC(=O)O)O[Si](C)(C)C(C)(C)C. The van der Waals surface area contributed by atoms with Gasteiger partial charge in [0.1, 0.15) is 6.29 Å². The number of carboxylic acids is 1. The Morgan fingerprint density at radius 1 is 1.22 bits per heavy atom. The highest BCUT2D eigenvalue weighted by Crippen LogP contribution is 2.38. The van der Waals surface area contributed by atoms with Crippen LogP contribution in [0.25, 0.3) is 0 Å². The Hall–Kier alpha value is -1.20. The summed E-state index contributed by atoms with van der Waals surface area (Å²) in [6.45, 7) is 16.4. The molecule has 0 unspecified atom stereocenters. The Morgan fingerprint density at radius 3 is 2.13 bits per heavy atom. The summed E-state index contributed by atoms with van der Waals surface area (Å²) >= 11 is 0. The Morgan fingerprint density at radius 2 is 1.74 bits per heavy atom. The fraction of sp³-hybridized carbons (Fsp3) is 0.667. The van der Waals surface area contributed by atoms with Gasteiger partial charge in [0.25, 0.3) is 0 Å². The minimum atomic E-state index is -2.01. The molecule has 1 N–H and O–H groups in total. The Kier molecular flexibility index (Phi) is 8.14. The summed E-state index contributed by atoms with van der Waals surface area (Å²) < 4.78 is 6.47. The molecule has 0 aliphatic heterocycles. The zero-order chi connectivity index (χ0) is 18.4. The van der Waals surface area contributed by atoms with Gasteiger partial charge in [0, 0.05) is 5.92 Å². The van der Waals surface area contributed by atoms with Gasteiger partial charge in [0.2, 0.25) is 0 Å². The van der Waals surface area contributed by atoms with Crippen molar-refractivity contribution in [2.45, 2.75) is 72.2 Å². The molecule has 0 radical (unpaired) electrons. The third-order valence-corrected chi connectivity index (χ3v) is 8.82. The first-order chi connectivity index (χ1) is 10.3. The molecule has 0 heterocycles. The highest BCUT2D eigenvalue weighted by atomic mass is 28.4. The second-order valence-electron chi connectivity index (χ2n) is 7.81. The van der Waals surface area contributed by atoms with Crippen molar-refractivity contribution in [3.63, 3.8) is 0 Å². The molecule has 0 bridgehead atoms. The summed E-state index contributed by atoms with van der Waals surface area (Å²) in [7, 11) is -2.01. The van der Waals surface area contributed by atoms with Crippen molar-refractivity contribution in [2.75, 3.05) is 0 Å². The third-order valence-electron chi connectivity index (χ3n) is 4.35. The van der Waals surface area contributed by atoms with Crippen molar-refractivity contribution in [1.29, 1.82) is 0 Å². The maximum Gasteiger partial charge on any atom is 0.307 e. The van der Waals surface area contributed by atoms with Crippen LogP contribution in [-0.2, 0) is 14.0 Å². The van der Waals surface area contributed by atoms with Crippen LogP contribution in [0, 0.1) is 5.92 Å². The van der Waals surface area contributed by atoms with E-state index in [1.54, 1.807) is 13.8 Å². The number of carbonyl (C=O) groups is 2. The molecule has 0 saturated carbocycles. The number of hydrogen-bond acceptors (Lipinski definition) is 3. The molecule has 0 spiro atoms. The molecule has 2 atom stereocenters. The van der Waals surface area contributed by atoms with Crippen LogP contribution in [0.5, 0.6) is 0 Å². The first-order valence-electron chi connectivity index (χ1n) is 8.00. The van der Waals surface area contributed by atoms with Crippen molar-refractivity contribution in [1.82, 2.24) is 0 Å². The highest BCUT2D eigenvalue weighted by Gasteiger charge is 2.39. The van der Waals surface area contributed by atoms with Gasteiger partial charge in [-0.2, -0.15) is 0 Å². The Balaban J connectivity index is 5.55. The third kappa shape index (κ3) is 7.75. The molecular formula is C18H32O4Si. The number of carboxylic acid groups (broad SMARTS) is 1. The molecule has 0 fully saturated rings. The topological polar surface area (TPSA) is 63.6 Å². The van der Waals surface area contributed by atoms with Crippen LogP contribution >= 0.6 is 0 Å². The van der Waals surface area contributed by atoms with Gasteiger partial charge in [-0.15, -0.1) is 0 Å². The quantitative estimate of drug-likeness (QED) is 0.304. The van der Waals surface area contributed by atoms with Crippen LogP contribution in [-0.4, -0.2) is 31.8 Å². The highest BCUT2D eigenvalue weighted by molar-refractivity contribution is 6.74. The molecule has 4 nitrogen and oxygen atoms in total. The van der Waals surface area contributed by atoms with Crippen molar-refractivity contribution >= 4 is 20.6 Å². The van der Waals surface area contributed by atoms with Gasteiger partial charge < -0.3 is 9.53 Å². The number of aliphatic carboxylic acids is 1. The summed E-state index contributed by atoms with van der Waals surface area (Å²) in [6.07, 6.45) is 4.38. The first kappa shape index (κ1) is 21.8. The van der Waals surface area contributed by atoms with Gasteiger partial charge in [-0.1, -0.05) is 45.4 Å². The average Bonchev–Trinajstić information content (AvgIpc) is 2.34. The van der Waals surface area contributed by atoms with E-state index in [0.717, 1.165) is 11.9 Å². The van der Waals surface area contributed by atoms with Gasteiger partial charge >= 0.3 is 5.97 Å². The van der Waals surface area contributed by atoms with Gasteiger partial charge in [0.15, 0.2) is 8.32 Å². The predicted molar refractivity (Wildman–Crippen MR) is 97.1 cm³/mol. The van der Waals surface area contributed by atoms with E-state index in [9.17, 15) is 9.59 Å². The van der Waals surface area contributed by atoms with Crippen LogP contribution in [0.3, 0.4) is 0 Å². The molecule has 0 aliphatic carbocycles. The minimum Gasteiger partial charge on any atom is -0.481 e. The largest absolute Gasteiger partial charge is 0.481 e. The molecule has 132 valence electrons. The lowest BCUT2D eigenvalue weighted by atomic mass is 9.99. The minimum absolute atomic E-state index is 0.000455. The summed E-state index contributed by atoms with van der Waals surface area (Å²) in [5.41, 5.74) is 1.43. The fourth-order valence-electron chi connectivity index (χ4n) is 1.94. The standard InChI is InChI=1S/C18H32O4Si/c1-13(11-17(20)21)10-16(15(3)9-14(2)12-19)22-23(7,8)18(4,5)6/h9-10,12,15-16H,11H2,1-8H3,(H,20,21)/b13-10+,14-9-/t15-,16+/m1/s1. The maximum atomic E-state index is 10.9. The molecule has 0 amide bonds. The van der Waals surface area contributed by atoms with E-state index in [1.165, 1.54) is 0 Å². The van der Waals surface area contributed by atoms with E-state index in [-0.39, 0.29) is 23.5 Å². The van der Waals surface area contributed by atoms with Crippen LogP contribution in [0.15, 0.2) is 23.3 Å². The molecule has 5 heteroatoms. The average molecular weight is 341 g/mol. The van der Waals surface area contributed by atoms with E-state index in [0.29, 0.717) is 5.57 Å². The molecule has 0 aromatic heterocycles. The molecule has 0 aromatic carbocycles. The monoisotopic (exact) mass is 340 g/mol. The van der Waals surface area contributed by atoms with E-state index < -0.39 is 14.3 Å². The van der Waals surface area contributed by atoms with Crippen LogP contribution in [0.1, 0.15) is 48.0 Å². The maximum absolute atomic E-state index is 10.9. The van der Waals surface area contributed by atoms with E-state index in [2.05, 4.69) is 33.9 Å². The van der Waals surface area contributed by atoms with Gasteiger partial charge in [0.05, 0.1) is 12.5 Å². The van der Waals surface area contributed by atoms with E-state index in [4.69, 9.17) is 9.53 Å². The number of carbonyl (C=O) groups excluding carboxylic acids is 1. The lowest BCUT2D eigenvalue weighted by Gasteiger charge is -2.40. The molecule has 0 aliphatic rings. The molecule has 23 heavy (non-hydrogen) atoms. The first-order valence-corrected chi connectivity index (χ1v) is 10.9. The zero-order valence-corrected chi connectivity index (χ0v) is 16.8. The van der Waals surface area contributed by atoms with Crippen molar-refractivity contribution in [2.24, 2.45) is 5.92 Å². The van der Waals surface area contributed by atoms with Crippen molar-refractivity contribution in [3.05, 3.63) is 23.3 Å². The van der Waals surface area contributed by atoms with Gasteiger partial charge in [-0.3, -0.25) is 9.59 Å². The summed E-state index contributed by atoms with van der Waals surface area (Å²) in [5.74, 6) is -0.852. The van der Waals surface area contributed by atoms with Gasteiger partial charge in [-0.25, -0.2) is 0 Å². The van der Waals surface area contributed by atoms with E-state index in [1.807, 2.05) is 19.1 Å². The number of allylic oxidation sites excluding steroid dienone is 1. The second-order valence-corrected chi connectivity index (χ2v) is 12.6. The number of hydrogen-bond donors (Lipinski definition) is 1.